The van der Waals surface area contributed by atoms with Gasteiger partial charge in [0.1, 0.15) is 20.2 Å². The lowest BCUT2D eigenvalue weighted by molar-refractivity contribution is 0.559. The predicted octanol–water partition coefficient (Wildman–Crippen LogP) is 1.09. The maximum atomic E-state index is 5.90. The lowest BCUT2D eigenvalue weighted by Gasteiger charge is -2.27. The van der Waals surface area contributed by atoms with Gasteiger partial charge in [0.2, 0.25) is 0 Å². The van der Waals surface area contributed by atoms with Crippen molar-refractivity contribution in [2.24, 2.45) is 0 Å². The molecule has 0 rings (SSSR count). The van der Waals surface area contributed by atoms with Crippen molar-refractivity contribution < 1.29 is 8.23 Å². The molecule has 2 nitrogen and oxygen atoms in total. The number of hydrogen-bond donors (Lipinski definition) is 0. The lowest BCUT2D eigenvalue weighted by Crippen LogP contribution is -2.39. The molecule has 0 heterocycles. The fraction of sp³-hybridized carbons (Fsp3) is 1.00. The van der Waals surface area contributed by atoms with Crippen LogP contribution in [0.3, 0.4) is 0 Å². The molecule has 0 N–H and O–H groups in total. The van der Waals surface area contributed by atoms with E-state index in [0.717, 1.165) is 10.5 Å². The molecule has 0 saturated heterocycles. The van der Waals surface area contributed by atoms with Gasteiger partial charge in [0.05, 0.1) is 0 Å². The zero-order valence-electron chi connectivity index (χ0n) is 10.5. The van der Waals surface area contributed by atoms with Crippen molar-refractivity contribution in [2.45, 2.75) is 45.8 Å². The molecule has 0 unspecified atom stereocenters. The molecule has 0 saturated carbocycles. The van der Waals surface area contributed by atoms with Gasteiger partial charge in [-0.3, -0.25) is 0 Å². The maximum Gasteiger partial charge on any atom is 0.170 e. The predicted molar refractivity (Wildman–Crippen MR) is 73.2 cm³/mol. The average molecular weight is 255 g/mol. The summed E-state index contributed by atoms with van der Waals surface area (Å²) in [5.41, 5.74) is 0. The highest BCUT2D eigenvalue weighted by molar-refractivity contribution is 6.83. The second-order valence-electron chi connectivity index (χ2n) is 4.90. The molecule has 0 aliphatic rings. The van der Waals surface area contributed by atoms with Gasteiger partial charge in [-0.15, -0.1) is 0 Å². The van der Waals surface area contributed by atoms with E-state index in [1.807, 2.05) is 0 Å². The Labute approximate surface area is 91.2 Å². The van der Waals surface area contributed by atoms with Crippen molar-refractivity contribution in [1.82, 2.24) is 0 Å². The van der Waals surface area contributed by atoms with E-state index in [0.29, 0.717) is 0 Å². The Balaban J connectivity index is 0. The maximum absolute atomic E-state index is 5.90. The summed E-state index contributed by atoms with van der Waals surface area (Å²) < 4.78 is 10.7. The Bertz CT molecular complexity index is 103. The Morgan fingerprint density at radius 3 is 1.15 bits per heavy atom. The molecule has 0 bridgehead atoms. The number of hydrogen-bond acceptors (Lipinski definition) is 2. The Hall–Kier alpha value is 0.788. The summed E-state index contributed by atoms with van der Waals surface area (Å²) in [6, 6.07) is 0. The first kappa shape index (κ1) is 16.2. The summed E-state index contributed by atoms with van der Waals surface area (Å²) in [7, 11) is -1.52. The lowest BCUT2D eigenvalue weighted by atomic mass is 11.8. The van der Waals surface area contributed by atoms with Crippen LogP contribution in [0.4, 0.5) is 0 Å². The third kappa shape index (κ3) is 24.5. The van der Waals surface area contributed by atoms with Crippen molar-refractivity contribution in [3.05, 3.63) is 0 Å². The minimum Gasteiger partial charge on any atom is -0.468 e. The Kier molecular flexibility index (Phi) is 8.90. The topological polar surface area (TPSA) is 18.5 Å². The summed E-state index contributed by atoms with van der Waals surface area (Å²) in [4.78, 5) is 0. The van der Waals surface area contributed by atoms with Crippen molar-refractivity contribution in [3.63, 3.8) is 0 Å². The average Bonchev–Trinajstić information content (AvgIpc) is 1.80. The van der Waals surface area contributed by atoms with Gasteiger partial charge in [0.15, 0.2) is 16.6 Å². The van der Waals surface area contributed by atoms with E-state index < -0.39 is 16.6 Å². The minimum absolute atomic E-state index is 0.0139. The molecule has 0 amide bonds. The molecular weight excluding hydrogens is 228 g/mol. The van der Waals surface area contributed by atoms with Crippen LogP contribution >= 0.6 is 0 Å². The molecule has 0 atom stereocenters. The largest absolute Gasteiger partial charge is 0.468 e. The van der Waals surface area contributed by atoms with Gasteiger partial charge >= 0.3 is 0 Å². The van der Waals surface area contributed by atoms with Gasteiger partial charge < -0.3 is 8.23 Å². The first-order chi connectivity index (χ1) is 5.62. The second kappa shape index (κ2) is 7.13. The minimum atomic E-state index is -1.23. The van der Waals surface area contributed by atoms with Crippen molar-refractivity contribution in [3.8, 4) is 0 Å². The van der Waals surface area contributed by atoms with E-state index >= 15 is 0 Å². The van der Waals surface area contributed by atoms with Crippen LogP contribution in [-0.4, -0.2) is 36.9 Å². The van der Waals surface area contributed by atoms with Gasteiger partial charge in [0.25, 0.3) is 0 Å². The van der Waals surface area contributed by atoms with Gasteiger partial charge in [-0.05, 0) is 39.3 Å². The molecular formula is C7H26O2Si4. The van der Waals surface area contributed by atoms with E-state index in [-0.39, 0.29) is 9.76 Å². The molecule has 0 aromatic heterocycles. The molecule has 82 valence electrons. The molecule has 13 heavy (non-hydrogen) atoms. The molecule has 0 spiro atoms. The summed E-state index contributed by atoms with van der Waals surface area (Å²) in [5.74, 6) is 0. The fourth-order valence-electron chi connectivity index (χ4n) is 0.919. The SMILES string of the molecule is C[SiH2]O[SiH3].C[Si](C)(C)O[Si](C)(C)C. The molecule has 0 radical (unpaired) electrons. The van der Waals surface area contributed by atoms with Crippen LogP contribution in [0, 0.1) is 0 Å². The first-order valence-electron chi connectivity index (χ1n) is 4.81. The van der Waals surface area contributed by atoms with Gasteiger partial charge in [0, 0.05) is 0 Å². The molecule has 0 aromatic carbocycles. The van der Waals surface area contributed by atoms with Crippen molar-refractivity contribution in [2.75, 3.05) is 0 Å². The van der Waals surface area contributed by atoms with Crippen LogP contribution in [0.5, 0.6) is 0 Å². The molecule has 6 heteroatoms. The van der Waals surface area contributed by atoms with Crippen LogP contribution in [0.15, 0.2) is 0 Å². The van der Waals surface area contributed by atoms with Crippen molar-refractivity contribution >= 4 is 36.9 Å². The fourth-order valence-corrected chi connectivity index (χ4v) is 8.27. The second-order valence-corrected chi connectivity index (χ2v) is 17.1. The number of rotatable bonds is 3. The van der Waals surface area contributed by atoms with Gasteiger partial charge in [-0.2, -0.15) is 0 Å². The van der Waals surface area contributed by atoms with Crippen LogP contribution in [0.2, 0.25) is 45.8 Å². The highest BCUT2D eigenvalue weighted by Gasteiger charge is 2.24. The van der Waals surface area contributed by atoms with Gasteiger partial charge in [-0.1, -0.05) is 6.55 Å². The van der Waals surface area contributed by atoms with E-state index in [1.54, 1.807) is 0 Å². The zero-order chi connectivity index (χ0) is 11.1. The third-order valence-electron chi connectivity index (χ3n) is 0.901. The summed E-state index contributed by atoms with van der Waals surface area (Å²) in [6.07, 6.45) is 0. The van der Waals surface area contributed by atoms with Crippen LogP contribution < -0.4 is 0 Å². The first-order valence-corrected chi connectivity index (χ1v) is 14.4. The Morgan fingerprint density at radius 2 is 1.15 bits per heavy atom. The van der Waals surface area contributed by atoms with Crippen LogP contribution in [0.1, 0.15) is 0 Å². The molecule has 0 fully saturated rings. The summed E-state index contributed by atoms with van der Waals surface area (Å²) in [5, 5.41) is 0. The molecule has 0 aromatic rings. The van der Waals surface area contributed by atoms with E-state index in [2.05, 4.69) is 45.8 Å². The standard InChI is InChI=1S/C6H18OSi2.CH8OSi2/c1-8(2,3)7-9(4,5)6;1-4-2-3/h1-6H3;4H2,1,3H3. The quantitative estimate of drug-likeness (QED) is 0.702. The van der Waals surface area contributed by atoms with Crippen LogP contribution in [-0.2, 0) is 8.23 Å². The van der Waals surface area contributed by atoms with E-state index in [4.69, 9.17) is 8.23 Å². The van der Waals surface area contributed by atoms with Gasteiger partial charge in [-0.25, -0.2) is 0 Å². The highest BCUT2D eigenvalue weighted by atomic mass is 28.4. The highest BCUT2D eigenvalue weighted by Crippen LogP contribution is 2.12. The smallest absolute Gasteiger partial charge is 0.170 e. The van der Waals surface area contributed by atoms with E-state index in [1.165, 1.54) is 0 Å². The summed E-state index contributed by atoms with van der Waals surface area (Å²) in [6.45, 7) is 15.6. The monoisotopic (exact) mass is 254 g/mol. The third-order valence-corrected chi connectivity index (χ3v) is 8.11. The van der Waals surface area contributed by atoms with Crippen molar-refractivity contribution in [1.29, 1.82) is 0 Å². The normalized spacial score (nSPS) is 13.2. The van der Waals surface area contributed by atoms with E-state index in [9.17, 15) is 0 Å². The van der Waals surface area contributed by atoms with Crippen LogP contribution in [0.25, 0.3) is 0 Å². The Morgan fingerprint density at radius 1 is 0.923 bits per heavy atom. The summed E-state index contributed by atoms with van der Waals surface area (Å²) >= 11 is 0. The molecule has 0 aliphatic heterocycles. The zero-order valence-corrected chi connectivity index (χ0v) is 15.9. The molecule has 0 aliphatic carbocycles.